The van der Waals surface area contributed by atoms with Crippen molar-refractivity contribution in [2.24, 2.45) is 5.92 Å². The van der Waals surface area contributed by atoms with Gasteiger partial charge in [0.1, 0.15) is 12.1 Å². The monoisotopic (exact) mass is 459 g/mol. The van der Waals surface area contributed by atoms with E-state index in [1.165, 1.54) is 6.08 Å². The molecule has 0 spiro atoms. The zero-order valence-electron chi connectivity index (χ0n) is 19.7. The maximum atomic E-state index is 13.2. The number of amides is 2. The summed E-state index contributed by atoms with van der Waals surface area (Å²) in [4.78, 5) is 44.9. The fourth-order valence-electron chi connectivity index (χ4n) is 4.33. The average molecular weight is 460 g/mol. The molecule has 0 radical (unpaired) electrons. The maximum Gasteiger partial charge on any atom is 0.347 e. The number of nitrogens with one attached hydrogen (secondary N) is 1. The molecule has 4 rings (SSSR count). The Bertz CT molecular complexity index is 1280. The minimum Gasteiger partial charge on any atom is -0.406 e. The number of fused-ring (bicyclic) bond motifs is 1. The van der Waals surface area contributed by atoms with Gasteiger partial charge in [0, 0.05) is 12.6 Å². The summed E-state index contributed by atoms with van der Waals surface area (Å²) >= 11 is 0. The SMILES string of the molecule is Cc1cccc2nc([C@@H](NC(=O)[C@@H]3CCCN3C(=O)C=Cc3ccccc3)C(C)C)oc(=O)c12. The van der Waals surface area contributed by atoms with Crippen LogP contribution in [0.2, 0.25) is 0 Å². The summed E-state index contributed by atoms with van der Waals surface area (Å²) in [6.45, 7) is 6.20. The number of aryl methyl sites for hydroxylation is 1. The molecular weight excluding hydrogens is 430 g/mol. The van der Waals surface area contributed by atoms with Crippen molar-refractivity contribution in [1.82, 2.24) is 15.2 Å². The van der Waals surface area contributed by atoms with Gasteiger partial charge in [0.25, 0.3) is 0 Å². The van der Waals surface area contributed by atoms with Gasteiger partial charge < -0.3 is 14.6 Å². The highest BCUT2D eigenvalue weighted by Gasteiger charge is 2.35. The summed E-state index contributed by atoms with van der Waals surface area (Å²) in [5.41, 5.74) is 1.78. The summed E-state index contributed by atoms with van der Waals surface area (Å²) in [7, 11) is 0. The lowest BCUT2D eigenvalue weighted by Gasteiger charge is -2.26. The van der Waals surface area contributed by atoms with E-state index in [0.29, 0.717) is 23.9 Å². The van der Waals surface area contributed by atoms with Gasteiger partial charge in [0.05, 0.1) is 10.9 Å². The Morgan fingerprint density at radius 2 is 1.91 bits per heavy atom. The smallest absolute Gasteiger partial charge is 0.347 e. The molecule has 7 heteroatoms. The molecule has 1 saturated heterocycles. The van der Waals surface area contributed by atoms with Crippen LogP contribution < -0.4 is 10.9 Å². The van der Waals surface area contributed by atoms with E-state index in [9.17, 15) is 14.4 Å². The molecule has 176 valence electrons. The highest BCUT2D eigenvalue weighted by Crippen LogP contribution is 2.24. The van der Waals surface area contributed by atoms with Crippen LogP contribution in [0.3, 0.4) is 0 Å². The van der Waals surface area contributed by atoms with Gasteiger partial charge in [-0.1, -0.05) is 56.3 Å². The van der Waals surface area contributed by atoms with Gasteiger partial charge in [-0.15, -0.1) is 0 Å². The second kappa shape index (κ2) is 10.0. The van der Waals surface area contributed by atoms with E-state index in [-0.39, 0.29) is 23.6 Å². The van der Waals surface area contributed by atoms with Crippen molar-refractivity contribution >= 4 is 28.8 Å². The number of hydrogen-bond acceptors (Lipinski definition) is 5. The molecule has 2 aromatic carbocycles. The first-order chi connectivity index (χ1) is 16.3. The molecule has 0 saturated carbocycles. The first kappa shape index (κ1) is 23.4. The number of benzene rings is 2. The minimum atomic E-state index is -0.595. The number of carbonyl (C=O) groups excluding carboxylic acids is 2. The van der Waals surface area contributed by atoms with Crippen LogP contribution in [0, 0.1) is 12.8 Å². The van der Waals surface area contributed by atoms with Crippen LogP contribution in [-0.2, 0) is 9.59 Å². The highest BCUT2D eigenvalue weighted by molar-refractivity contribution is 5.96. The summed E-state index contributed by atoms with van der Waals surface area (Å²) in [5.74, 6) is -0.378. The molecule has 2 amide bonds. The van der Waals surface area contributed by atoms with Gasteiger partial charge >= 0.3 is 5.63 Å². The predicted molar refractivity (Wildman–Crippen MR) is 131 cm³/mol. The van der Waals surface area contributed by atoms with Crippen LogP contribution in [0.15, 0.2) is 63.8 Å². The standard InChI is InChI=1S/C27H29N3O4/c1-17(2)24(26-28-20-12-7-9-18(3)23(20)27(33)34-26)29-25(32)21-13-8-16-30(21)22(31)15-14-19-10-5-4-6-11-19/h4-7,9-12,14-15,17,21,24H,8,13,16H2,1-3H3,(H,29,32)/t21-,24-/m0/s1. The van der Waals surface area contributed by atoms with Gasteiger partial charge in [-0.05, 0) is 49.0 Å². The topological polar surface area (TPSA) is 92.5 Å². The quantitative estimate of drug-likeness (QED) is 0.562. The third-order valence-corrected chi connectivity index (χ3v) is 6.17. The number of carbonyl (C=O) groups is 2. The number of nitrogens with zero attached hydrogens (tertiary/aromatic N) is 2. The molecule has 7 nitrogen and oxygen atoms in total. The first-order valence-corrected chi connectivity index (χ1v) is 11.6. The summed E-state index contributed by atoms with van der Waals surface area (Å²) in [5, 5.41) is 3.43. The maximum absolute atomic E-state index is 13.2. The summed E-state index contributed by atoms with van der Waals surface area (Å²) in [6.07, 6.45) is 4.59. The van der Waals surface area contributed by atoms with Crippen LogP contribution in [0.4, 0.5) is 0 Å². The van der Waals surface area contributed by atoms with E-state index < -0.39 is 17.7 Å². The van der Waals surface area contributed by atoms with Crippen molar-refractivity contribution in [1.29, 1.82) is 0 Å². The van der Waals surface area contributed by atoms with E-state index in [2.05, 4.69) is 10.3 Å². The third kappa shape index (κ3) is 4.93. The van der Waals surface area contributed by atoms with E-state index >= 15 is 0 Å². The van der Waals surface area contributed by atoms with Gasteiger partial charge in [-0.25, -0.2) is 9.78 Å². The normalized spacial score (nSPS) is 16.9. The molecule has 2 atom stereocenters. The van der Waals surface area contributed by atoms with Gasteiger partial charge in [-0.2, -0.15) is 0 Å². The fraction of sp³-hybridized carbons (Fsp3) is 0.333. The Kier molecular flexibility index (Phi) is 6.91. The molecule has 1 aromatic heterocycles. The largest absolute Gasteiger partial charge is 0.406 e. The van der Waals surface area contributed by atoms with Crippen LogP contribution in [0.25, 0.3) is 17.0 Å². The second-order valence-corrected chi connectivity index (χ2v) is 8.97. The lowest BCUT2D eigenvalue weighted by Crippen LogP contribution is -2.47. The van der Waals surface area contributed by atoms with Crippen molar-refractivity contribution in [3.05, 3.63) is 82.0 Å². The highest BCUT2D eigenvalue weighted by atomic mass is 16.4. The average Bonchev–Trinajstić information content (AvgIpc) is 3.31. The van der Waals surface area contributed by atoms with Crippen molar-refractivity contribution in [2.75, 3.05) is 6.54 Å². The number of hydrogen-bond donors (Lipinski definition) is 1. The van der Waals surface area contributed by atoms with E-state index in [1.807, 2.05) is 63.2 Å². The van der Waals surface area contributed by atoms with Crippen molar-refractivity contribution < 1.29 is 14.0 Å². The number of rotatable bonds is 6. The Balaban J connectivity index is 1.53. The molecule has 0 unspecified atom stereocenters. The second-order valence-electron chi connectivity index (χ2n) is 8.97. The Morgan fingerprint density at radius 1 is 1.15 bits per heavy atom. The molecule has 1 aliphatic heterocycles. The zero-order chi connectivity index (χ0) is 24.2. The first-order valence-electron chi connectivity index (χ1n) is 11.6. The number of likely N-dealkylation sites (tertiary alicyclic amines) is 1. The van der Waals surface area contributed by atoms with Gasteiger partial charge in [0.2, 0.25) is 17.7 Å². The molecule has 1 fully saturated rings. The zero-order valence-corrected chi connectivity index (χ0v) is 19.7. The lowest BCUT2D eigenvalue weighted by atomic mass is 10.0. The molecule has 0 aliphatic carbocycles. The van der Waals surface area contributed by atoms with Gasteiger partial charge in [0.15, 0.2) is 0 Å². The lowest BCUT2D eigenvalue weighted by molar-refractivity contribution is -0.135. The molecule has 2 heterocycles. The Labute approximate surface area is 198 Å². The minimum absolute atomic E-state index is 0.0783. The third-order valence-electron chi connectivity index (χ3n) is 6.17. The van der Waals surface area contributed by atoms with E-state index in [0.717, 1.165) is 17.5 Å². The molecule has 1 aliphatic rings. The van der Waals surface area contributed by atoms with Crippen LogP contribution in [0.5, 0.6) is 0 Å². The Morgan fingerprint density at radius 3 is 2.65 bits per heavy atom. The fourth-order valence-corrected chi connectivity index (χ4v) is 4.33. The van der Waals surface area contributed by atoms with E-state index in [1.54, 1.807) is 17.0 Å². The number of aromatic nitrogens is 1. The van der Waals surface area contributed by atoms with Crippen LogP contribution in [-0.4, -0.2) is 34.3 Å². The van der Waals surface area contributed by atoms with Crippen molar-refractivity contribution in [3.8, 4) is 0 Å². The van der Waals surface area contributed by atoms with Crippen LogP contribution >= 0.6 is 0 Å². The van der Waals surface area contributed by atoms with Crippen molar-refractivity contribution in [2.45, 2.75) is 45.7 Å². The van der Waals surface area contributed by atoms with Gasteiger partial charge in [-0.3, -0.25) is 9.59 Å². The molecule has 34 heavy (non-hydrogen) atoms. The molecular formula is C27H29N3O4. The van der Waals surface area contributed by atoms with Crippen LogP contribution in [0.1, 0.15) is 49.7 Å². The molecule has 3 aromatic rings. The predicted octanol–water partition coefficient (Wildman–Crippen LogP) is 4.01. The van der Waals surface area contributed by atoms with E-state index in [4.69, 9.17) is 4.42 Å². The molecule has 1 N–H and O–H groups in total. The van der Waals surface area contributed by atoms with Crippen molar-refractivity contribution in [3.63, 3.8) is 0 Å². The molecule has 0 bridgehead atoms. The Hall–Kier alpha value is -3.74. The summed E-state index contributed by atoms with van der Waals surface area (Å²) in [6, 6.07) is 13.8. The summed E-state index contributed by atoms with van der Waals surface area (Å²) < 4.78 is 5.55.